The Morgan fingerprint density at radius 1 is 1.40 bits per heavy atom. The molecule has 0 spiro atoms. The predicted octanol–water partition coefficient (Wildman–Crippen LogP) is -2.15. The molecule has 0 radical (unpaired) electrons. The fourth-order valence-corrected chi connectivity index (χ4v) is 5.25. The zero-order valence-electron chi connectivity index (χ0n) is 21.1. The van der Waals surface area contributed by atoms with Gasteiger partial charge in [0.05, 0.1) is 24.5 Å². The normalized spacial score (nSPS) is 21.0. The van der Waals surface area contributed by atoms with Crippen molar-refractivity contribution >= 4 is 50.3 Å². The van der Waals surface area contributed by atoms with Crippen LogP contribution in [0, 0.1) is 0 Å². The number of carbonyl (C=O) groups excluding carboxylic acids is 2. The Morgan fingerprint density at radius 2 is 2.12 bits per heavy atom. The van der Waals surface area contributed by atoms with Gasteiger partial charge in [-0.15, -0.1) is 11.3 Å². The lowest BCUT2D eigenvalue weighted by Crippen LogP contribution is -2.73. The van der Waals surface area contributed by atoms with Crippen LogP contribution in [0.3, 0.4) is 0 Å². The third-order valence-corrected chi connectivity index (χ3v) is 7.89. The number of β-lactam (4-membered cyclic amide) rings is 1. The van der Waals surface area contributed by atoms with E-state index in [-0.39, 0.29) is 40.6 Å². The highest BCUT2D eigenvalue weighted by molar-refractivity contribution is 7.84. The second kappa shape index (κ2) is 11.4. The van der Waals surface area contributed by atoms with Crippen LogP contribution in [0.25, 0.3) is 0 Å². The number of nitrogens with zero attached hydrogens (tertiary/aromatic N) is 6. The van der Waals surface area contributed by atoms with Crippen LogP contribution < -0.4 is 22.1 Å². The number of nitrogens with two attached hydrogens (primary N) is 2. The summed E-state index contributed by atoms with van der Waals surface area (Å²) in [6.07, 6.45) is 2.55. The summed E-state index contributed by atoms with van der Waals surface area (Å²) in [6, 6.07) is -2.95. The molecule has 1 saturated heterocycles. The molecule has 0 bridgehead atoms. The lowest BCUT2D eigenvalue weighted by molar-refractivity contribution is -0.153. The first-order valence-electron chi connectivity index (χ1n) is 12.0. The Labute approximate surface area is 231 Å². The molecule has 1 aliphatic heterocycles. The highest BCUT2D eigenvalue weighted by Crippen LogP contribution is 2.40. The molecule has 2 amide bonds. The van der Waals surface area contributed by atoms with Crippen LogP contribution in [0.5, 0.6) is 0 Å². The third kappa shape index (κ3) is 6.20. The second-order valence-electron chi connectivity index (χ2n) is 9.17. The molecule has 18 nitrogen and oxygen atoms in total. The van der Waals surface area contributed by atoms with Crippen LogP contribution in [-0.4, -0.2) is 96.6 Å². The van der Waals surface area contributed by atoms with Gasteiger partial charge in [0, 0.05) is 18.2 Å². The quantitative estimate of drug-likeness (QED) is 0.0444. The Bertz CT molecular complexity index is 1420. The van der Waals surface area contributed by atoms with Gasteiger partial charge in [-0.25, -0.2) is 14.1 Å². The summed E-state index contributed by atoms with van der Waals surface area (Å²) in [7, 11) is -4.99. The van der Waals surface area contributed by atoms with Crippen LogP contribution in [0.15, 0.2) is 16.7 Å². The Kier molecular flexibility index (Phi) is 8.35. The number of hydrogen-bond acceptors (Lipinski definition) is 14. The standard InChI is InChI=1S/C20H28N10O8S2/c1-10(23-6-2-5-21)11-7-24-29(27-11)8-13-15(17(32)30(13)40(35,36)37)26-16(31)14(12-9-39-19(22)25-12)28-38-20(3-4-20)18(33)34/h7,9-10,13,15,23H,2-6,8,21H2,1H3,(H2,22,25)(H,26,31)(H,33,34)(H,35,36,37)/b28-14-/t10?,13-,15+/m1/s1. The molecule has 2 aliphatic rings. The van der Waals surface area contributed by atoms with Crippen molar-refractivity contribution in [1.29, 1.82) is 0 Å². The van der Waals surface area contributed by atoms with Crippen LogP contribution in [0.4, 0.5) is 5.13 Å². The fraction of sp³-hybridized carbons (Fsp3) is 0.550. The number of carbonyl (C=O) groups is 3. The molecule has 2 aromatic rings. The zero-order chi connectivity index (χ0) is 29.2. The minimum absolute atomic E-state index is 0.0503. The van der Waals surface area contributed by atoms with Crippen LogP contribution >= 0.6 is 11.3 Å². The molecule has 2 aromatic heterocycles. The largest absolute Gasteiger partial charge is 0.478 e. The van der Waals surface area contributed by atoms with E-state index in [4.69, 9.17) is 16.3 Å². The number of aliphatic carboxylic acids is 1. The van der Waals surface area contributed by atoms with Gasteiger partial charge < -0.3 is 32.0 Å². The van der Waals surface area contributed by atoms with Gasteiger partial charge in [0.1, 0.15) is 17.8 Å². The molecule has 4 rings (SSSR count). The second-order valence-corrected chi connectivity index (χ2v) is 11.4. The van der Waals surface area contributed by atoms with Crippen molar-refractivity contribution in [3.63, 3.8) is 0 Å². The number of carboxylic acid groups (broad SMARTS) is 1. The molecule has 1 saturated carbocycles. The lowest BCUT2D eigenvalue weighted by Gasteiger charge is -2.43. The Balaban J connectivity index is 1.53. The molecule has 3 heterocycles. The number of nitrogen functional groups attached to an aromatic ring is 1. The summed E-state index contributed by atoms with van der Waals surface area (Å²) in [5.74, 6) is -3.40. The van der Waals surface area contributed by atoms with Crippen molar-refractivity contribution in [2.45, 2.75) is 56.5 Å². The highest BCUT2D eigenvalue weighted by Gasteiger charge is 2.56. The van der Waals surface area contributed by atoms with E-state index in [0.717, 1.165) is 22.6 Å². The van der Waals surface area contributed by atoms with Crippen molar-refractivity contribution in [3.8, 4) is 0 Å². The van der Waals surface area contributed by atoms with E-state index in [1.807, 2.05) is 6.92 Å². The number of oxime groups is 1. The summed E-state index contributed by atoms with van der Waals surface area (Å²) >= 11 is 0.976. The van der Waals surface area contributed by atoms with E-state index in [0.29, 0.717) is 18.8 Å². The van der Waals surface area contributed by atoms with E-state index >= 15 is 0 Å². The molecule has 2 fully saturated rings. The van der Waals surface area contributed by atoms with Crippen molar-refractivity contribution in [2.24, 2.45) is 10.9 Å². The number of aromatic nitrogens is 4. The monoisotopic (exact) mass is 600 g/mol. The molecule has 20 heteroatoms. The summed E-state index contributed by atoms with van der Waals surface area (Å²) in [4.78, 5) is 47.6. The topological polar surface area (TPSA) is 270 Å². The molecule has 40 heavy (non-hydrogen) atoms. The number of amides is 2. The highest BCUT2D eigenvalue weighted by atomic mass is 32.2. The maximum Gasteiger partial charge on any atom is 0.362 e. The van der Waals surface area contributed by atoms with Crippen molar-refractivity contribution in [2.75, 3.05) is 18.8 Å². The summed E-state index contributed by atoms with van der Waals surface area (Å²) in [5.41, 5.74) is 9.57. The van der Waals surface area contributed by atoms with Gasteiger partial charge in [-0.05, 0) is 26.4 Å². The van der Waals surface area contributed by atoms with Gasteiger partial charge >= 0.3 is 16.3 Å². The smallest absolute Gasteiger partial charge is 0.362 e. The molecule has 218 valence electrons. The summed E-state index contributed by atoms with van der Waals surface area (Å²) in [6.45, 7) is 2.68. The third-order valence-electron chi connectivity index (χ3n) is 6.27. The first-order chi connectivity index (χ1) is 18.9. The fourth-order valence-electron chi connectivity index (χ4n) is 3.83. The van der Waals surface area contributed by atoms with Crippen LogP contribution in [0.1, 0.15) is 43.6 Å². The number of anilines is 1. The van der Waals surface area contributed by atoms with Gasteiger partial charge in [-0.3, -0.25) is 14.1 Å². The average Bonchev–Trinajstić information content (AvgIpc) is 3.32. The van der Waals surface area contributed by atoms with Crippen LogP contribution in [0.2, 0.25) is 0 Å². The van der Waals surface area contributed by atoms with Gasteiger partial charge in [-0.1, -0.05) is 5.16 Å². The number of rotatable bonds is 14. The van der Waals surface area contributed by atoms with Crippen molar-refractivity contribution < 1.29 is 37.3 Å². The number of thiazole rings is 1. The van der Waals surface area contributed by atoms with E-state index in [1.54, 1.807) is 0 Å². The van der Waals surface area contributed by atoms with Crippen LogP contribution in [-0.2, 0) is 36.1 Å². The minimum Gasteiger partial charge on any atom is -0.478 e. The Morgan fingerprint density at radius 3 is 2.70 bits per heavy atom. The predicted molar refractivity (Wildman–Crippen MR) is 138 cm³/mol. The number of hydrogen-bond donors (Lipinski definition) is 6. The van der Waals surface area contributed by atoms with Gasteiger partial charge in [0.2, 0.25) is 5.60 Å². The maximum absolute atomic E-state index is 13.2. The molecule has 8 N–H and O–H groups in total. The van der Waals surface area contributed by atoms with E-state index in [1.165, 1.54) is 11.6 Å². The van der Waals surface area contributed by atoms with E-state index < -0.39 is 51.5 Å². The lowest BCUT2D eigenvalue weighted by atomic mass is 9.98. The SMILES string of the molecule is CC(NCCCN)c1cnn(C[C@@H]2[C@H](NC(=O)/C(=N\OC3(C(=O)O)CC3)c3csc(N)n3)C(=O)N2S(=O)(=O)O)n1. The Hall–Kier alpha value is -3.72. The maximum atomic E-state index is 13.2. The summed E-state index contributed by atoms with van der Waals surface area (Å²) < 4.78 is 33.7. The molecule has 1 unspecified atom stereocenters. The summed E-state index contributed by atoms with van der Waals surface area (Å²) in [5, 5.41) is 28.5. The minimum atomic E-state index is -4.99. The molecule has 0 aromatic carbocycles. The average molecular weight is 601 g/mol. The van der Waals surface area contributed by atoms with Crippen molar-refractivity contribution in [3.05, 3.63) is 23.0 Å². The van der Waals surface area contributed by atoms with Gasteiger partial charge in [-0.2, -0.15) is 23.4 Å². The van der Waals surface area contributed by atoms with E-state index in [2.05, 4.69) is 31.0 Å². The first-order valence-corrected chi connectivity index (χ1v) is 14.3. The molecular weight excluding hydrogens is 572 g/mol. The van der Waals surface area contributed by atoms with Gasteiger partial charge in [0.15, 0.2) is 10.8 Å². The molecular formula is C20H28N10O8S2. The van der Waals surface area contributed by atoms with E-state index in [9.17, 15) is 32.5 Å². The molecule has 3 atom stereocenters. The van der Waals surface area contributed by atoms with Crippen molar-refractivity contribution in [1.82, 2.24) is 34.9 Å². The zero-order valence-corrected chi connectivity index (χ0v) is 22.8. The number of carboxylic acids is 1. The molecule has 1 aliphatic carbocycles. The van der Waals surface area contributed by atoms with Gasteiger partial charge in [0.25, 0.3) is 11.8 Å². The first kappa shape index (κ1) is 29.3. The number of nitrogens with one attached hydrogen (secondary N) is 2.